The van der Waals surface area contributed by atoms with Crippen molar-refractivity contribution in [2.45, 2.75) is 28.8 Å². The van der Waals surface area contributed by atoms with Crippen molar-refractivity contribution in [1.82, 2.24) is 15.2 Å². The second-order valence-electron chi connectivity index (χ2n) is 6.00. The number of methoxy groups -OCH3 is 1. The maximum Gasteiger partial charge on any atom is 0.409 e. The molecule has 0 radical (unpaired) electrons. The Morgan fingerprint density at radius 2 is 1.88 bits per heavy atom. The Kier molecular flexibility index (Phi) is 6.12. The molecule has 0 saturated carbocycles. The van der Waals surface area contributed by atoms with Gasteiger partial charge in [-0.1, -0.05) is 17.8 Å². The number of hydrogen-bond donors (Lipinski definition) is 1. The number of nitrogens with one attached hydrogen (secondary N) is 1. The van der Waals surface area contributed by atoms with Gasteiger partial charge in [0.25, 0.3) is 5.91 Å². The van der Waals surface area contributed by atoms with Crippen molar-refractivity contribution in [3.63, 3.8) is 0 Å². The number of ether oxygens (including phenoxy) is 1. The predicted molar refractivity (Wildman–Crippen MR) is 99.3 cm³/mol. The van der Waals surface area contributed by atoms with Crippen LogP contribution in [-0.2, 0) is 4.74 Å². The minimum absolute atomic E-state index is 0.0750. The molecule has 0 bridgehead atoms. The zero-order valence-corrected chi connectivity index (χ0v) is 15.4. The summed E-state index contributed by atoms with van der Waals surface area (Å²) in [4.78, 5) is 30.9. The highest BCUT2D eigenvalue weighted by Crippen LogP contribution is 2.25. The highest BCUT2D eigenvalue weighted by Gasteiger charge is 2.24. The maximum absolute atomic E-state index is 12.4. The Labute approximate surface area is 156 Å². The number of likely N-dealkylation sites (tertiary alicyclic amines) is 1. The molecule has 1 aromatic heterocycles. The fourth-order valence-corrected chi connectivity index (χ4v) is 3.58. The van der Waals surface area contributed by atoms with Gasteiger partial charge in [-0.25, -0.2) is 9.78 Å². The zero-order valence-electron chi connectivity index (χ0n) is 14.6. The van der Waals surface area contributed by atoms with Crippen LogP contribution in [0.25, 0.3) is 0 Å². The van der Waals surface area contributed by atoms with Crippen molar-refractivity contribution in [2.24, 2.45) is 0 Å². The van der Waals surface area contributed by atoms with Gasteiger partial charge in [0.2, 0.25) is 0 Å². The largest absolute Gasteiger partial charge is 0.453 e. The van der Waals surface area contributed by atoms with Gasteiger partial charge in [0.1, 0.15) is 5.03 Å². The fraction of sp³-hybridized carbons (Fsp3) is 0.316. The first-order valence-corrected chi connectivity index (χ1v) is 9.30. The molecule has 0 atom stereocenters. The number of rotatable bonds is 4. The summed E-state index contributed by atoms with van der Waals surface area (Å²) in [5.41, 5.74) is 0.630. The van der Waals surface area contributed by atoms with E-state index >= 15 is 0 Å². The van der Waals surface area contributed by atoms with E-state index in [1.165, 1.54) is 7.11 Å². The maximum atomic E-state index is 12.4. The second-order valence-corrected chi connectivity index (χ2v) is 7.09. The van der Waals surface area contributed by atoms with Crippen LogP contribution in [0.3, 0.4) is 0 Å². The number of carbonyl (C=O) groups excluding carboxylic acids is 2. The average molecular weight is 371 g/mol. The number of benzene rings is 1. The molecule has 2 amide bonds. The Hall–Kier alpha value is -2.54. The summed E-state index contributed by atoms with van der Waals surface area (Å²) in [7, 11) is 1.38. The average Bonchev–Trinajstić information content (AvgIpc) is 2.69. The van der Waals surface area contributed by atoms with Gasteiger partial charge >= 0.3 is 6.09 Å². The van der Waals surface area contributed by atoms with Crippen molar-refractivity contribution in [2.75, 3.05) is 20.2 Å². The lowest BCUT2D eigenvalue weighted by Crippen LogP contribution is -2.46. The van der Waals surface area contributed by atoms with Crippen LogP contribution in [0.1, 0.15) is 23.2 Å². The van der Waals surface area contributed by atoms with E-state index in [4.69, 9.17) is 4.74 Å². The summed E-state index contributed by atoms with van der Waals surface area (Å²) in [6.45, 7) is 1.19. The summed E-state index contributed by atoms with van der Waals surface area (Å²) < 4.78 is 4.72. The molecule has 3 rings (SSSR count). The standard InChI is InChI=1S/C19H21N3O3S/c1-25-19(24)22-12-9-15(10-13-22)21-18(23)14-5-7-16(8-6-14)26-17-4-2-3-11-20-17/h2-8,11,15H,9-10,12-13H2,1H3,(H,21,23). The number of carbonyl (C=O) groups is 2. The minimum atomic E-state index is -0.309. The quantitative estimate of drug-likeness (QED) is 0.894. The van der Waals surface area contributed by atoms with E-state index in [0.717, 1.165) is 22.8 Å². The number of aromatic nitrogens is 1. The molecule has 2 aromatic rings. The molecule has 1 fully saturated rings. The third kappa shape index (κ3) is 4.76. The van der Waals surface area contributed by atoms with E-state index in [-0.39, 0.29) is 18.0 Å². The van der Waals surface area contributed by atoms with Crippen molar-refractivity contribution < 1.29 is 14.3 Å². The summed E-state index contributed by atoms with van der Waals surface area (Å²) in [6.07, 6.45) is 2.91. The molecule has 2 heterocycles. The molecule has 136 valence electrons. The highest BCUT2D eigenvalue weighted by atomic mass is 32.2. The summed E-state index contributed by atoms with van der Waals surface area (Å²) in [5.74, 6) is -0.0871. The van der Waals surface area contributed by atoms with Gasteiger partial charge in [0.05, 0.1) is 7.11 Å². The van der Waals surface area contributed by atoms with Crippen LogP contribution in [0.5, 0.6) is 0 Å². The number of hydrogen-bond acceptors (Lipinski definition) is 5. The van der Waals surface area contributed by atoms with E-state index in [2.05, 4.69) is 10.3 Å². The van der Waals surface area contributed by atoms with E-state index in [1.54, 1.807) is 22.9 Å². The number of amides is 2. The molecule has 0 aliphatic carbocycles. The molecule has 7 heteroatoms. The van der Waals surface area contributed by atoms with Gasteiger partial charge in [0.15, 0.2) is 0 Å². The molecule has 6 nitrogen and oxygen atoms in total. The monoisotopic (exact) mass is 371 g/mol. The topological polar surface area (TPSA) is 71.5 Å². The van der Waals surface area contributed by atoms with Crippen LogP contribution >= 0.6 is 11.8 Å². The van der Waals surface area contributed by atoms with Crippen LogP contribution in [0.4, 0.5) is 4.79 Å². The lowest BCUT2D eigenvalue weighted by Gasteiger charge is -2.31. The summed E-state index contributed by atoms with van der Waals surface area (Å²) in [6, 6.07) is 13.4. The molecule has 0 spiro atoms. The first-order valence-electron chi connectivity index (χ1n) is 8.48. The highest BCUT2D eigenvalue weighted by molar-refractivity contribution is 7.99. The van der Waals surface area contributed by atoms with Gasteiger partial charge in [-0.2, -0.15) is 0 Å². The lowest BCUT2D eigenvalue weighted by atomic mass is 10.0. The molecule has 1 aromatic carbocycles. The van der Waals surface area contributed by atoms with Gasteiger partial charge in [-0.3, -0.25) is 4.79 Å². The van der Waals surface area contributed by atoms with Crippen LogP contribution < -0.4 is 5.32 Å². The van der Waals surface area contributed by atoms with Gasteiger partial charge in [0, 0.05) is 35.8 Å². The van der Waals surface area contributed by atoms with Crippen molar-refractivity contribution in [3.05, 3.63) is 54.2 Å². The summed E-state index contributed by atoms with van der Waals surface area (Å²) in [5, 5.41) is 3.96. The molecule has 1 N–H and O–H groups in total. The number of piperidine rings is 1. The van der Waals surface area contributed by atoms with Crippen molar-refractivity contribution in [3.8, 4) is 0 Å². The molecule has 1 saturated heterocycles. The fourth-order valence-electron chi connectivity index (χ4n) is 2.81. The molecule has 1 aliphatic heterocycles. The summed E-state index contributed by atoms with van der Waals surface area (Å²) >= 11 is 1.56. The lowest BCUT2D eigenvalue weighted by molar-refractivity contribution is 0.0892. The molecule has 0 unspecified atom stereocenters. The van der Waals surface area contributed by atoms with Gasteiger partial charge in [-0.15, -0.1) is 0 Å². The Morgan fingerprint density at radius 3 is 2.50 bits per heavy atom. The smallest absolute Gasteiger partial charge is 0.409 e. The number of nitrogens with zero attached hydrogens (tertiary/aromatic N) is 2. The van der Waals surface area contributed by atoms with Crippen molar-refractivity contribution in [1.29, 1.82) is 0 Å². The molecular weight excluding hydrogens is 350 g/mol. The second kappa shape index (κ2) is 8.71. The molecule has 1 aliphatic rings. The third-order valence-electron chi connectivity index (χ3n) is 4.24. The normalized spacial score (nSPS) is 14.7. The molecule has 26 heavy (non-hydrogen) atoms. The predicted octanol–water partition coefficient (Wildman–Crippen LogP) is 3.19. The van der Waals surface area contributed by atoms with E-state index in [9.17, 15) is 9.59 Å². The van der Waals surface area contributed by atoms with E-state index in [1.807, 2.05) is 42.5 Å². The van der Waals surface area contributed by atoms with E-state index in [0.29, 0.717) is 18.7 Å². The first kappa shape index (κ1) is 18.3. The Morgan fingerprint density at radius 1 is 1.15 bits per heavy atom. The van der Waals surface area contributed by atoms with Gasteiger partial charge < -0.3 is 15.0 Å². The Bertz CT molecular complexity index is 744. The zero-order chi connectivity index (χ0) is 18.4. The third-order valence-corrected chi connectivity index (χ3v) is 5.20. The van der Waals surface area contributed by atoms with Crippen LogP contribution in [-0.4, -0.2) is 48.1 Å². The number of pyridine rings is 1. The van der Waals surface area contributed by atoms with Crippen LogP contribution in [0.2, 0.25) is 0 Å². The van der Waals surface area contributed by atoms with E-state index < -0.39 is 0 Å². The molecular formula is C19H21N3O3S. The minimum Gasteiger partial charge on any atom is -0.453 e. The van der Waals surface area contributed by atoms with Crippen LogP contribution in [0, 0.1) is 0 Å². The SMILES string of the molecule is COC(=O)N1CCC(NC(=O)c2ccc(Sc3ccccn3)cc2)CC1. The first-order chi connectivity index (χ1) is 12.7. The van der Waals surface area contributed by atoms with Crippen molar-refractivity contribution >= 4 is 23.8 Å². The van der Waals surface area contributed by atoms with Gasteiger partial charge in [-0.05, 0) is 49.2 Å². The van der Waals surface area contributed by atoms with Crippen LogP contribution in [0.15, 0.2) is 58.6 Å². The Balaban J connectivity index is 1.51.